The second kappa shape index (κ2) is 6.98. The fourth-order valence-corrected chi connectivity index (χ4v) is 3.38. The molecule has 0 saturated carbocycles. The molecule has 0 radical (unpaired) electrons. The summed E-state index contributed by atoms with van der Waals surface area (Å²) in [5, 5.41) is 11.1. The van der Waals surface area contributed by atoms with Gasteiger partial charge in [-0.15, -0.1) is 10.2 Å². The van der Waals surface area contributed by atoms with Crippen LogP contribution < -0.4 is 5.32 Å². The van der Waals surface area contributed by atoms with E-state index in [9.17, 15) is 4.39 Å². The Bertz CT molecular complexity index is 517. The van der Waals surface area contributed by atoms with Gasteiger partial charge in [0.15, 0.2) is 4.34 Å². The molecule has 1 unspecified atom stereocenters. The van der Waals surface area contributed by atoms with Crippen molar-refractivity contribution < 1.29 is 4.39 Å². The first-order chi connectivity index (χ1) is 9.22. The first-order valence-electron chi connectivity index (χ1n) is 6.18. The van der Waals surface area contributed by atoms with Crippen LogP contribution in [0.25, 0.3) is 0 Å². The lowest BCUT2D eigenvalue weighted by molar-refractivity contribution is 0.543. The van der Waals surface area contributed by atoms with Crippen LogP contribution >= 0.6 is 23.1 Å². The minimum atomic E-state index is -0.206. The minimum absolute atomic E-state index is 0.117. The van der Waals surface area contributed by atoms with Crippen LogP contribution in [0.5, 0.6) is 0 Å². The molecule has 1 atom stereocenters. The molecular weight excluding hydrogens is 281 g/mol. The molecule has 0 aliphatic carbocycles. The predicted octanol–water partition coefficient (Wildman–Crippen LogP) is 3.89. The molecule has 102 valence electrons. The van der Waals surface area contributed by atoms with E-state index < -0.39 is 0 Å². The Labute approximate surface area is 120 Å². The van der Waals surface area contributed by atoms with Crippen molar-refractivity contribution in [3.05, 3.63) is 35.1 Å². The van der Waals surface area contributed by atoms with E-state index >= 15 is 0 Å². The van der Waals surface area contributed by atoms with Crippen molar-refractivity contribution in [2.24, 2.45) is 0 Å². The van der Waals surface area contributed by atoms with Gasteiger partial charge in [0.05, 0.1) is 4.90 Å². The molecule has 0 aliphatic rings. The molecule has 1 N–H and O–H groups in total. The molecule has 0 fully saturated rings. The highest BCUT2D eigenvalue weighted by Crippen LogP contribution is 2.35. The van der Waals surface area contributed by atoms with E-state index in [0.717, 1.165) is 22.9 Å². The summed E-state index contributed by atoms with van der Waals surface area (Å²) in [6, 6.07) is 5.31. The highest BCUT2D eigenvalue weighted by Gasteiger charge is 2.16. The van der Waals surface area contributed by atoms with E-state index in [1.165, 1.54) is 29.2 Å². The third-order valence-corrected chi connectivity index (χ3v) is 4.61. The number of benzene rings is 1. The van der Waals surface area contributed by atoms with E-state index in [1.807, 2.05) is 6.07 Å². The monoisotopic (exact) mass is 297 g/mol. The van der Waals surface area contributed by atoms with Gasteiger partial charge >= 0.3 is 0 Å². The van der Waals surface area contributed by atoms with Crippen LogP contribution in [0.3, 0.4) is 0 Å². The van der Waals surface area contributed by atoms with Gasteiger partial charge in [-0.05, 0) is 31.5 Å². The van der Waals surface area contributed by atoms with Gasteiger partial charge < -0.3 is 5.32 Å². The number of rotatable bonds is 6. The fourth-order valence-electron chi connectivity index (χ4n) is 1.74. The predicted molar refractivity (Wildman–Crippen MR) is 77.1 cm³/mol. The van der Waals surface area contributed by atoms with E-state index in [1.54, 1.807) is 11.6 Å². The second-order valence-corrected chi connectivity index (χ2v) is 6.23. The third kappa shape index (κ3) is 3.75. The maximum atomic E-state index is 14.0. The average Bonchev–Trinajstić information content (AvgIpc) is 2.91. The molecule has 0 amide bonds. The summed E-state index contributed by atoms with van der Waals surface area (Å²) < 4.78 is 14.8. The molecule has 2 aromatic rings. The van der Waals surface area contributed by atoms with Crippen LogP contribution in [0.2, 0.25) is 0 Å². The summed E-state index contributed by atoms with van der Waals surface area (Å²) >= 11 is 2.76. The number of nitrogens with zero attached hydrogens (tertiary/aromatic N) is 2. The van der Waals surface area contributed by atoms with Gasteiger partial charge in [0.2, 0.25) is 0 Å². The Balaban J connectivity index is 2.25. The molecule has 1 heterocycles. The molecular formula is C13H16FN3S2. The first-order valence-corrected chi connectivity index (χ1v) is 7.87. The number of aromatic nitrogens is 2. The summed E-state index contributed by atoms with van der Waals surface area (Å²) in [6.45, 7) is 5.08. The standard InChI is InChI=1S/C13H16FN3S2/c1-3-7-15-9(2)10-5-4-6-11(14)12(10)19-13-17-16-8-18-13/h4-6,8-9,15H,3,7H2,1-2H3. The lowest BCUT2D eigenvalue weighted by atomic mass is 10.1. The topological polar surface area (TPSA) is 37.8 Å². The summed E-state index contributed by atoms with van der Waals surface area (Å²) in [5.74, 6) is -0.206. The minimum Gasteiger partial charge on any atom is -0.310 e. The zero-order valence-corrected chi connectivity index (χ0v) is 12.5. The van der Waals surface area contributed by atoms with Crippen molar-refractivity contribution in [2.75, 3.05) is 6.54 Å². The molecule has 19 heavy (non-hydrogen) atoms. The maximum absolute atomic E-state index is 14.0. The van der Waals surface area contributed by atoms with E-state index in [-0.39, 0.29) is 11.9 Å². The maximum Gasteiger partial charge on any atom is 0.178 e. The SMILES string of the molecule is CCCNC(C)c1cccc(F)c1Sc1nncs1. The lowest BCUT2D eigenvalue weighted by Gasteiger charge is -2.17. The number of nitrogens with one attached hydrogen (secondary N) is 1. The van der Waals surface area contributed by atoms with E-state index in [2.05, 4.69) is 29.4 Å². The number of hydrogen-bond acceptors (Lipinski definition) is 5. The molecule has 1 aromatic heterocycles. The second-order valence-electron chi connectivity index (χ2n) is 4.14. The highest BCUT2D eigenvalue weighted by atomic mass is 32.2. The lowest BCUT2D eigenvalue weighted by Crippen LogP contribution is -2.20. The summed E-state index contributed by atoms with van der Waals surface area (Å²) in [6.07, 6.45) is 1.05. The van der Waals surface area contributed by atoms with E-state index in [0.29, 0.717) is 4.90 Å². The Kier molecular flexibility index (Phi) is 5.30. The smallest absolute Gasteiger partial charge is 0.178 e. The quantitative estimate of drug-likeness (QED) is 0.878. The van der Waals surface area contributed by atoms with Crippen LogP contribution in [-0.4, -0.2) is 16.7 Å². The van der Waals surface area contributed by atoms with Crippen LogP contribution in [0.15, 0.2) is 32.9 Å². The molecule has 0 aliphatic heterocycles. The highest BCUT2D eigenvalue weighted by molar-refractivity contribution is 8.01. The molecule has 0 bridgehead atoms. The molecule has 1 aromatic carbocycles. The number of hydrogen-bond donors (Lipinski definition) is 1. The van der Waals surface area contributed by atoms with Crippen molar-refractivity contribution in [2.45, 2.75) is 35.5 Å². The third-order valence-electron chi connectivity index (χ3n) is 2.69. The van der Waals surface area contributed by atoms with Gasteiger partial charge in [0.1, 0.15) is 11.3 Å². The van der Waals surface area contributed by atoms with E-state index in [4.69, 9.17) is 0 Å². The van der Waals surface area contributed by atoms with Gasteiger partial charge in [-0.25, -0.2) is 4.39 Å². The van der Waals surface area contributed by atoms with Gasteiger partial charge in [0.25, 0.3) is 0 Å². The normalized spacial score (nSPS) is 12.6. The summed E-state index contributed by atoms with van der Waals surface area (Å²) in [4.78, 5) is 0.635. The van der Waals surface area contributed by atoms with Gasteiger partial charge in [0, 0.05) is 6.04 Å². The zero-order chi connectivity index (χ0) is 13.7. The Hall–Kier alpha value is -0.980. The average molecular weight is 297 g/mol. The molecule has 3 nitrogen and oxygen atoms in total. The van der Waals surface area contributed by atoms with Crippen molar-refractivity contribution in [1.29, 1.82) is 0 Å². The van der Waals surface area contributed by atoms with Crippen molar-refractivity contribution in [1.82, 2.24) is 15.5 Å². The molecule has 2 rings (SSSR count). The molecule has 6 heteroatoms. The van der Waals surface area contributed by atoms with Gasteiger partial charge in [-0.1, -0.05) is 42.2 Å². The Morgan fingerprint density at radius 1 is 1.47 bits per heavy atom. The summed E-state index contributed by atoms with van der Waals surface area (Å²) in [7, 11) is 0. The molecule has 0 spiro atoms. The van der Waals surface area contributed by atoms with Crippen LogP contribution in [0.4, 0.5) is 4.39 Å². The fraction of sp³-hybridized carbons (Fsp3) is 0.385. The van der Waals surface area contributed by atoms with Crippen LogP contribution in [0.1, 0.15) is 31.9 Å². The van der Waals surface area contributed by atoms with Crippen LogP contribution in [0, 0.1) is 5.82 Å². The van der Waals surface area contributed by atoms with Gasteiger partial charge in [-0.3, -0.25) is 0 Å². The van der Waals surface area contributed by atoms with Crippen molar-refractivity contribution >= 4 is 23.1 Å². The van der Waals surface area contributed by atoms with Gasteiger partial charge in [-0.2, -0.15) is 0 Å². The number of halogens is 1. The Morgan fingerprint density at radius 3 is 3.00 bits per heavy atom. The van der Waals surface area contributed by atoms with Crippen LogP contribution in [-0.2, 0) is 0 Å². The Morgan fingerprint density at radius 2 is 2.32 bits per heavy atom. The molecule has 0 saturated heterocycles. The first kappa shape index (κ1) is 14.4. The van der Waals surface area contributed by atoms with Crippen molar-refractivity contribution in [3.63, 3.8) is 0 Å². The zero-order valence-electron chi connectivity index (χ0n) is 10.9. The van der Waals surface area contributed by atoms with Crippen molar-refractivity contribution in [3.8, 4) is 0 Å². The summed E-state index contributed by atoms with van der Waals surface area (Å²) in [5.41, 5.74) is 2.62. The largest absolute Gasteiger partial charge is 0.310 e.